The fraction of sp³-hybridized carbons (Fsp3) is 0.600. The van der Waals surface area contributed by atoms with Crippen LogP contribution in [0.1, 0.15) is 13.8 Å². The zero-order valence-electron chi connectivity index (χ0n) is 9.19. The van der Waals surface area contributed by atoms with Crippen LogP contribution in [0.15, 0.2) is 17.1 Å². The summed E-state index contributed by atoms with van der Waals surface area (Å²) >= 11 is 0. The van der Waals surface area contributed by atoms with Gasteiger partial charge in [0, 0.05) is 12.6 Å². The number of hydrogen-bond acceptors (Lipinski definition) is 4. The second-order valence-electron chi connectivity index (χ2n) is 3.16. The Balaban J connectivity index is 2.34. The molecule has 0 fully saturated rings. The molecule has 0 saturated heterocycles. The molecule has 5 heteroatoms. The zero-order valence-corrected chi connectivity index (χ0v) is 9.19. The Hall–Kier alpha value is -1.36. The van der Waals surface area contributed by atoms with E-state index < -0.39 is 0 Å². The van der Waals surface area contributed by atoms with Crippen molar-refractivity contribution in [1.82, 2.24) is 15.1 Å². The van der Waals surface area contributed by atoms with Gasteiger partial charge in [-0.05, 0) is 13.1 Å². The number of likely N-dealkylation sites (N-methyl/N-ethyl adjacent to an activating group) is 1. The van der Waals surface area contributed by atoms with Crippen LogP contribution in [0.5, 0.6) is 5.75 Å². The lowest BCUT2D eigenvalue weighted by Gasteiger charge is -2.17. The van der Waals surface area contributed by atoms with E-state index in [1.807, 2.05) is 0 Å². The molecular weight excluding hydrogens is 194 g/mol. The van der Waals surface area contributed by atoms with Gasteiger partial charge in [0.15, 0.2) is 0 Å². The molecule has 0 spiro atoms. The molecule has 5 nitrogen and oxygen atoms in total. The second kappa shape index (κ2) is 6.19. The molecular formula is C10H17N3O2. The average molecular weight is 211 g/mol. The first-order valence-electron chi connectivity index (χ1n) is 5.16. The van der Waals surface area contributed by atoms with Gasteiger partial charge in [0.05, 0.1) is 6.20 Å². The number of nitrogens with one attached hydrogen (secondary N) is 1. The molecule has 0 aliphatic rings. The first-order valence-corrected chi connectivity index (χ1v) is 5.16. The highest BCUT2D eigenvalue weighted by molar-refractivity contribution is 5.12. The van der Waals surface area contributed by atoms with E-state index in [2.05, 4.69) is 28.9 Å². The Morgan fingerprint density at radius 3 is 2.80 bits per heavy atom. The van der Waals surface area contributed by atoms with Gasteiger partial charge in [-0.3, -0.25) is 4.79 Å². The van der Waals surface area contributed by atoms with Crippen molar-refractivity contribution in [2.75, 3.05) is 26.2 Å². The molecule has 0 unspecified atom stereocenters. The lowest BCUT2D eigenvalue weighted by atomic mass is 10.5. The molecule has 0 saturated carbocycles. The third-order valence-electron chi connectivity index (χ3n) is 2.21. The summed E-state index contributed by atoms with van der Waals surface area (Å²) in [4.78, 5) is 13.1. The van der Waals surface area contributed by atoms with Crippen molar-refractivity contribution in [2.24, 2.45) is 0 Å². The molecule has 15 heavy (non-hydrogen) atoms. The van der Waals surface area contributed by atoms with E-state index in [1.165, 1.54) is 12.3 Å². The standard InChI is InChI=1S/C10H17N3O2/c1-3-13(4-2)5-6-15-9-7-10(14)12-11-8-9/h7-8H,3-6H2,1-2H3,(H,12,14). The number of nitrogens with zero attached hydrogens (tertiary/aromatic N) is 2. The number of aromatic amines is 1. The molecule has 0 aliphatic heterocycles. The maximum atomic E-state index is 10.9. The summed E-state index contributed by atoms with van der Waals surface area (Å²) in [7, 11) is 0. The highest BCUT2D eigenvalue weighted by Gasteiger charge is 1.99. The van der Waals surface area contributed by atoms with Gasteiger partial charge in [0.25, 0.3) is 5.56 Å². The Bertz CT molecular complexity index is 333. The van der Waals surface area contributed by atoms with Crippen molar-refractivity contribution in [1.29, 1.82) is 0 Å². The summed E-state index contributed by atoms with van der Waals surface area (Å²) in [5.74, 6) is 0.519. The van der Waals surface area contributed by atoms with Crippen LogP contribution in [0.3, 0.4) is 0 Å². The van der Waals surface area contributed by atoms with Crippen molar-refractivity contribution in [3.8, 4) is 5.75 Å². The predicted molar refractivity (Wildman–Crippen MR) is 58.1 cm³/mol. The van der Waals surface area contributed by atoms with Crippen molar-refractivity contribution < 1.29 is 4.74 Å². The summed E-state index contributed by atoms with van der Waals surface area (Å²) in [5.41, 5.74) is -0.240. The smallest absolute Gasteiger partial charge is 0.267 e. The molecule has 0 aromatic carbocycles. The highest BCUT2D eigenvalue weighted by atomic mass is 16.5. The number of rotatable bonds is 6. The first kappa shape index (κ1) is 11.7. The molecule has 0 atom stereocenters. The van der Waals surface area contributed by atoms with Gasteiger partial charge in [-0.25, -0.2) is 5.10 Å². The number of hydrogen-bond donors (Lipinski definition) is 1. The molecule has 0 radical (unpaired) electrons. The van der Waals surface area contributed by atoms with Crippen molar-refractivity contribution in [3.63, 3.8) is 0 Å². The minimum absolute atomic E-state index is 0.240. The monoisotopic (exact) mass is 211 g/mol. The molecule has 1 rings (SSSR count). The normalized spacial score (nSPS) is 10.6. The number of ether oxygens (including phenoxy) is 1. The van der Waals surface area contributed by atoms with Crippen LogP contribution in [0.2, 0.25) is 0 Å². The van der Waals surface area contributed by atoms with E-state index in [0.29, 0.717) is 12.4 Å². The Kier molecular flexibility index (Phi) is 4.83. The Morgan fingerprint density at radius 2 is 2.20 bits per heavy atom. The molecule has 0 amide bonds. The van der Waals surface area contributed by atoms with Crippen LogP contribution in [-0.4, -0.2) is 41.3 Å². The van der Waals surface area contributed by atoms with E-state index in [-0.39, 0.29) is 5.56 Å². The van der Waals surface area contributed by atoms with Gasteiger partial charge in [-0.15, -0.1) is 0 Å². The number of aromatic nitrogens is 2. The van der Waals surface area contributed by atoms with Crippen LogP contribution in [-0.2, 0) is 0 Å². The van der Waals surface area contributed by atoms with E-state index in [0.717, 1.165) is 19.6 Å². The topological polar surface area (TPSA) is 58.2 Å². The predicted octanol–water partition coefficient (Wildman–Crippen LogP) is 0.490. The third-order valence-corrected chi connectivity index (χ3v) is 2.21. The van der Waals surface area contributed by atoms with E-state index in [9.17, 15) is 4.79 Å². The van der Waals surface area contributed by atoms with E-state index >= 15 is 0 Å². The molecule has 1 aromatic rings. The average Bonchev–Trinajstić information content (AvgIpc) is 2.25. The fourth-order valence-corrected chi connectivity index (χ4v) is 1.27. The summed E-state index contributed by atoms with van der Waals surface area (Å²) in [6.45, 7) is 7.67. The SMILES string of the molecule is CCN(CC)CCOc1cn[nH]c(=O)c1. The van der Waals surface area contributed by atoms with Gasteiger partial charge in [0.1, 0.15) is 12.4 Å². The quantitative estimate of drug-likeness (QED) is 0.744. The summed E-state index contributed by atoms with van der Waals surface area (Å²) in [5, 5.41) is 5.94. The highest BCUT2D eigenvalue weighted by Crippen LogP contribution is 2.02. The van der Waals surface area contributed by atoms with Crippen LogP contribution in [0.25, 0.3) is 0 Å². The minimum Gasteiger partial charge on any atom is -0.490 e. The maximum Gasteiger partial charge on any atom is 0.267 e. The second-order valence-corrected chi connectivity index (χ2v) is 3.16. The Morgan fingerprint density at radius 1 is 1.47 bits per heavy atom. The molecule has 1 heterocycles. The molecule has 0 bridgehead atoms. The van der Waals surface area contributed by atoms with Crippen LogP contribution < -0.4 is 10.3 Å². The molecule has 1 aromatic heterocycles. The zero-order chi connectivity index (χ0) is 11.1. The summed E-state index contributed by atoms with van der Waals surface area (Å²) < 4.78 is 5.40. The molecule has 0 aliphatic carbocycles. The molecule has 1 N–H and O–H groups in total. The van der Waals surface area contributed by atoms with Gasteiger partial charge >= 0.3 is 0 Å². The van der Waals surface area contributed by atoms with Gasteiger partial charge in [-0.1, -0.05) is 13.8 Å². The Labute approximate surface area is 89.1 Å². The van der Waals surface area contributed by atoms with Gasteiger partial charge in [-0.2, -0.15) is 5.10 Å². The largest absolute Gasteiger partial charge is 0.490 e. The lowest BCUT2D eigenvalue weighted by Crippen LogP contribution is -2.28. The summed E-state index contributed by atoms with van der Waals surface area (Å²) in [6.07, 6.45) is 1.50. The van der Waals surface area contributed by atoms with Crippen LogP contribution in [0.4, 0.5) is 0 Å². The maximum absolute atomic E-state index is 10.9. The fourth-order valence-electron chi connectivity index (χ4n) is 1.27. The third kappa shape index (κ3) is 4.12. The number of H-pyrrole nitrogens is 1. The van der Waals surface area contributed by atoms with Crippen LogP contribution >= 0.6 is 0 Å². The van der Waals surface area contributed by atoms with Crippen LogP contribution in [0, 0.1) is 0 Å². The minimum atomic E-state index is -0.240. The van der Waals surface area contributed by atoms with E-state index in [1.54, 1.807) is 0 Å². The lowest BCUT2D eigenvalue weighted by molar-refractivity contribution is 0.222. The molecule has 84 valence electrons. The van der Waals surface area contributed by atoms with E-state index in [4.69, 9.17) is 4.74 Å². The van der Waals surface area contributed by atoms with Crippen molar-refractivity contribution in [3.05, 3.63) is 22.6 Å². The van der Waals surface area contributed by atoms with Crippen molar-refractivity contribution in [2.45, 2.75) is 13.8 Å². The van der Waals surface area contributed by atoms with Gasteiger partial charge < -0.3 is 9.64 Å². The first-order chi connectivity index (χ1) is 7.26. The summed E-state index contributed by atoms with van der Waals surface area (Å²) in [6, 6.07) is 1.40. The van der Waals surface area contributed by atoms with Crippen molar-refractivity contribution >= 4 is 0 Å². The van der Waals surface area contributed by atoms with Gasteiger partial charge in [0.2, 0.25) is 0 Å².